The van der Waals surface area contributed by atoms with E-state index in [0.717, 1.165) is 5.56 Å². The molecule has 0 aliphatic carbocycles. The number of carboxylic acid groups (broad SMARTS) is 1. The highest BCUT2D eigenvalue weighted by molar-refractivity contribution is 6.43. The molecule has 1 aromatic heterocycles. The fourth-order valence-corrected chi connectivity index (χ4v) is 2.17. The third-order valence-electron chi connectivity index (χ3n) is 2.78. The van der Waals surface area contributed by atoms with Crippen LogP contribution >= 0.6 is 23.2 Å². The van der Waals surface area contributed by atoms with E-state index in [0.29, 0.717) is 26.9 Å². The molecular formula is C14H11Cl2NO2. The molecule has 1 heterocycles. The molecule has 0 saturated heterocycles. The Balaban J connectivity index is 2.51. The van der Waals surface area contributed by atoms with Crippen molar-refractivity contribution in [3.8, 4) is 11.3 Å². The number of aromatic nitrogens is 1. The Labute approximate surface area is 120 Å². The van der Waals surface area contributed by atoms with Crippen LogP contribution in [0.1, 0.15) is 11.1 Å². The van der Waals surface area contributed by atoms with Crippen molar-refractivity contribution < 1.29 is 9.90 Å². The smallest absolute Gasteiger partial charge is 0.307 e. The molecule has 0 amide bonds. The lowest BCUT2D eigenvalue weighted by Crippen LogP contribution is -2.03. The number of benzene rings is 1. The topological polar surface area (TPSA) is 50.2 Å². The van der Waals surface area contributed by atoms with Gasteiger partial charge in [-0.1, -0.05) is 35.3 Å². The van der Waals surface area contributed by atoms with Gasteiger partial charge < -0.3 is 5.11 Å². The van der Waals surface area contributed by atoms with Crippen LogP contribution in [0.4, 0.5) is 0 Å². The van der Waals surface area contributed by atoms with E-state index in [2.05, 4.69) is 4.98 Å². The van der Waals surface area contributed by atoms with Crippen molar-refractivity contribution in [2.45, 2.75) is 13.3 Å². The van der Waals surface area contributed by atoms with Gasteiger partial charge in [0.25, 0.3) is 0 Å². The van der Waals surface area contributed by atoms with Gasteiger partial charge in [0, 0.05) is 11.8 Å². The monoisotopic (exact) mass is 295 g/mol. The van der Waals surface area contributed by atoms with E-state index in [4.69, 9.17) is 28.3 Å². The molecule has 5 heteroatoms. The first kappa shape index (κ1) is 13.8. The summed E-state index contributed by atoms with van der Waals surface area (Å²) < 4.78 is 0. The van der Waals surface area contributed by atoms with Crippen molar-refractivity contribution in [2.75, 3.05) is 0 Å². The Morgan fingerprint density at radius 1 is 1.37 bits per heavy atom. The van der Waals surface area contributed by atoms with Gasteiger partial charge in [-0.2, -0.15) is 0 Å². The van der Waals surface area contributed by atoms with Crippen LogP contribution < -0.4 is 0 Å². The summed E-state index contributed by atoms with van der Waals surface area (Å²) in [5.74, 6) is -0.877. The number of aliphatic carboxylic acids is 1. The standard InChI is InChI=1S/C14H11Cl2NO2/c1-8-7-17-12(5-9(8)6-13(18)19)10-3-2-4-11(15)14(10)16/h2-5,7H,6H2,1H3,(H,18,19). The largest absolute Gasteiger partial charge is 0.481 e. The molecule has 98 valence electrons. The summed E-state index contributed by atoms with van der Waals surface area (Å²) in [5, 5.41) is 9.75. The van der Waals surface area contributed by atoms with Gasteiger partial charge in [0.2, 0.25) is 0 Å². The Morgan fingerprint density at radius 2 is 2.11 bits per heavy atom. The highest BCUT2D eigenvalue weighted by Crippen LogP contribution is 2.32. The molecule has 0 bridgehead atoms. The normalized spacial score (nSPS) is 10.5. The molecule has 0 fully saturated rings. The molecule has 0 radical (unpaired) electrons. The second-order valence-corrected chi connectivity index (χ2v) is 4.95. The number of pyridine rings is 1. The summed E-state index contributed by atoms with van der Waals surface area (Å²) >= 11 is 12.1. The lowest BCUT2D eigenvalue weighted by atomic mass is 10.0. The number of nitrogens with zero attached hydrogens (tertiary/aromatic N) is 1. The van der Waals surface area contributed by atoms with Gasteiger partial charge in [-0.15, -0.1) is 0 Å². The molecule has 3 nitrogen and oxygen atoms in total. The van der Waals surface area contributed by atoms with Gasteiger partial charge in [0.1, 0.15) is 0 Å². The lowest BCUT2D eigenvalue weighted by Gasteiger charge is -2.08. The predicted octanol–water partition coefficient (Wildman–Crippen LogP) is 3.99. The van der Waals surface area contributed by atoms with Crippen LogP contribution in [-0.4, -0.2) is 16.1 Å². The highest BCUT2D eigenvalue weighted by Gasteiger charge is 2.11. The molecule has 2 aromatic rings. The molecule has 2 rings (SSSR count). The van der Waals surface area contributed by atoms with Gasteiger partial charge in [-0.25, -0.2) is 0 Å². The second kappa shape index (κ2) is 5.59. The lowest BCUT2D eigenvalue weighted by molar-refractivity contribution is -0.136. The highest BCUT2D eigenvalue weighted by atomic mass is 35.5. The van der Waals surface area contributed by atoms with Crippen LogP contribution in [0.25, 0.3) is 11.3 Å². The maximum atomic E-state index is 10.8. The van der Waals surface area contributed by atoms with Crippen LogP contribution in [-0.2, 0) is 11.2 Å². The van der Waals surface area contributed by atoms with Crippen molar-refractivity contribution in [3.63, 3.8) is 0 Å². The van der Waals surface area contributed by atoms with Gasteiger partial charge in [-0.05, 0) is 30.2 Å². The maximum Gasteiger partial charge on any atom is 0.307 e. The van der Waals surface area contributed by atoms with Gasteiger partial charge >= 0.3 is 5.97 Å². The Kier molecular flexibility index (Phi) is 4.08. The number of carbonyl (C=O) groups is 1. The fourth-order valence-electron chi connectivity index (χ4n) is 1.77. The average Bonchev–Trinajstić information content (AvgIpc) is 2.35. The summed E-state index contributed by atoms with van der Waals surface area (Å²) in [6.07, 6.45) is 1.60. The van der Waals surface area contributed by atoms with Crippen LogP contribution in [0, 0.1) is 6.92 Å². The molecule has 0 saturated carbocycles. The summed E-state index contributed by atoms with van der Waals surface area (Å²) in [7, 11) is 0. The Hall–Kier alpha value is -1.58. The van der Waals surface area contributed by atoms with Crippen molar-refractivity contribution in [1.29, 1.82) is 0 Å². The predicted molar refractivity (Wildman–Crippen MR) is 75.8 cm³/mol. The third kappa shape index (κ3) is 3.06. The van der Waals surface area contributed by atoms with Crippen LogP contribution in [0.15, 0.2) is 30.5 Å². The number of aryl methyl sites for hydroxylation is 1. The Bertz CT molecular complexity index is 641. The summed E-state index contributed by atoms with van der Waals surface area (Å²) in [6, 6.07) is 7.01. The van der Waals surface area contributed by atoms with Crippen LogP contribution in [0.5, 0.6) is 0 Å². The van der Waals surface area contributed by atoms with E-state index < -0.39 is 5.97 Å². The first-order valence-corrected chi connectivity index (χ1v) is 6.36. The minimum Gasteiger partial charge on any atom is -0.481 e. The van der Waals surface area contributed by atoms with E-state index in [-0.39, 0.29) is 6.42 Å². The molecule has 1 aromatic carbocycles. The van der Waals surface area contributed by atoms with Crippen LogP contribution in [0.2, 0.25) is 10.0 Å². The van der Waals surface area contributed by atoms with E-state index in [1.807, 2.05) is 6.92 Å². The number of hydrogen-bond donors (Lipinski definition) is 1. The number of hydrogen-bond acceptors (Lipinski definition) is 2. The summed E-state index contributed by atoms with van der Waals surface area (Å²) in [6.45, 7) is 1.83. The molecule has 0 aliphatic heterocycles. The van der Waals surface area contributed by atoms with Crippen molar-refractivity contribution in [1.82, 2.24) is 4.98 Å². The molecule has 0 atom stereocenters. The van der Waals surface area contributed by atoms with E-state index in [9.17, 15) is 4.79 Å². The fraction of sp³-hybridized carbons (Fsp3) is 0.143. The molecule has 19 heavy (non-hydrogen) atoms. The van der Waals surface area contributed by atoms with Crippen molar-refractivity contribution in [2.24, 2.45) is 0 Å². The van der Waals surface area contributed by atoms with E-state index in [1.54, 1.807) is 30.5 Å². The number of rotatable bonds is 3. The van der Waals surface area contributed by atoms with E-state index >= 15 is 0 Å². The summed E-state index contributed by atoms with van der Waals surface area (Å²) in [4.78, 5) is 15.1. The number of halogens is 2. The zero-order valence-electron chi connectivity index (χ0n) is 10.2. The number of carboxylic acids is 1. The second-order valence-electron chi connectivity index (χ2n) is 4.17. The first-order chi connectivity index (χ1) is 8.99. The zero-order valence-corrected chi connectivity index (χ0v) is 11.7. The minimum absolute atomic E-state index is 0.0421. The first-order valence-electron chi connectivity index (χ1n) is 5.60. The maximum absolute atomic E-state index is 10.8. The minimum atomic E-state index is -0.877. The molecular weight excluding hydrogens is 285 g/mol. The molecule has 0 aliphatic rings. The summed E-state index contributed by atoms with van der Waals surface area (Å²) in [5.41, 5.74) is 2.87. The van der Waals surface area contributed by atoms with Gasteiger partial charge in [-0.3, -0.25) is 9.78 Å². The third-order valence-corrected chi connectivity index (χ3v) is 3.60. The molecule has 0 unspecified atom stereocenters. The zero-order chi connectivity index (χ0) is 14.0. The quantitative estimate of drug-likeness (QED) is 0.931. The Morgan fingerprint density at radius 3 is 2.79 bits per heavy atom. The van der Waals surface area contributed by atoms with Crippen molar-refractivity contribution in [3.05, 3.63) is 51.6 Å². The SMILES string of the molecule is Cc1cnc(-c2cccc(Cl)c2Cl)cc1CC(=O)O. The van der Waals surface area contributed by atoms with E-state index in [1.165, 1.54) is 0 Å². The van der Waals surface area contributed by atoms with Crippen molar-refractivity contribution >= 4 is 29.2 Å². The molecule has 1 N–H and O–H groups in total. The van der Waals surface area contributed by atoms with Gasteiger partial charge in [0.15, 0.2) is 0 Å². The molecule has 0 spiro atoms. The average molecular weight is 296 g/mol. The van der Waals surface area contributed by atoms with Crippen LogP contribution in [0.3, 0.4) is 0 Å². The van der Waals surface area contributed by atoms with Gasteiger partial charge in [0.05, 0.1) is 22.2 Å².